The van der Waals surface area contributed by atoms with E-state index >= 15 is 0 Å². The molecule has 0 aromatic carbocycles. The molecule has 0 aromatic rings. The average molecular weight is 487 g/mol. The van der Waals surface area contributed by atoms with Gasteiger partial charge in [0.15, 0.2) is 0 Å². The fraction of sp³-hybridized carbons (Fsp3) is 1.00. The molecule has 0 aliphatic heterocycles. The van der Waals surface area contributed by atoms with E-state index in [0.717, 1.165) is 25.7 Å². The molecule has 0 fully saturated rings. The summed E-state index contributed by atoms with van der Waals surface area (Å²) in [5.41, 5.74) is 0. The quantitative estimate of drug-likeness (QED) is 0.123. The van der Waals surface area contributed by atoms with Crippen LogP contribution in [0.3, 0.4) is 0 Å². The Kier molecular flexibility index (Phi) is 28.2. The van der Waals surface area contributed by atoms with E-state index in [-0.39, 0.29) is 51.0 Å². The van der Waals surface area contributed by atoms with Crippen molar-refractivity contribution in [3.05, 3.63) is 0 Å². The molecule has 0 unspecified atom stereocenters. The molecule has 0 atom stereocenters. The number of rotatable bonds is 18. The van der Waals surface area contributed by atoms with Gasteiger partial charge in [-0.3, -0.25) is 8.37 Å². The van der Waals surface area contributed by atoms with Crippen LogP contribution in [0.5, 0.6) is 0 Å². The zero-order valence-electron chi connectivity index (χ0n) is 18.1. The fourth-order valence-corrected chi connectivity index (χ4v) is 3.08. The Balaban J connectivity index is -0.000000451. The van der Waals surface area contributed by atoms with Crippen molar-refractivity contribution < 1.29 is 34.3 Å². The van der Waals surface area contributed by atoms with Crippen molar-refractivity contribution in [2.75, 3.05) is 13.2 Å². The van der Waals surface area contributed by atoms with E-state index in [1.54, 1.807) is 0 Å². The molecule has 29 heavy (non-hydrogen) atoms. The summed E-state index contributed by atoms with van der Waals surface area (Å²) < 4.78 is 68.3. The minimum absolute atomic E-state index is 0. The maximum absolute atomic E-state index is 10.0. The smallest absolute Gasteiger partial charge is 0.726 e. The van der Waals surface area contributed by atoms with Crippen molar-refractivity contribution >= 4 is 58.5 Å². The maximum atomic E-state index is 10.0. The summed E-state index contributed by atoms with van der Waals surface area (Å²) in [6.07, 6.45) is 15.1. The molecule has 0 aliphatic rings. The molecule has 0 aromatic heterocycles. The van der Waals surface area contributed by atoms with E-state index in [0.29, 0.717) is 12.8 Å². The van der Waals surface area contributed by atoms with Crippen LogP contribution in [0.25, 0.3) is 0 Å². The summed E-state index contributed by atoms with van der Waals surface area (Å²) in [6.45, 7) is 4.37. The largest absolute Gasteiger partial charge is 2.00 e. The van der Waals surface area contributed by atoms with Crippen LogP contribution in [0, 0.1) is 0 Å². The Bertz CT molecular complexity index is 476. The molecule has 172 valence electrons. The maximum Gasteiger partial charge on any atom is 2.00 e. The van der Waals surface area contributed by atoms with Gasteiger partial charge in [0.2, 0.25) is 20.8 Å². The van der Waals surface area contributed by atoms with Gasteiger partial charge in [0, 0.05) is 0 Å². The summed E-state index contributed by atoms with van der Waals surface area (Å²) in [5, 5.41) is 0. The van der Waals surface area contributed by atoms with Crippen LogP contribution in [0.2, 0.25) is 0 Å². The van der Waals surface area contributed by atoms with Crippen LogP contribution in [-0.2, 0) is 29.2 Å². The van der Waals surface area contributed by atoms with Gasteiger partial charge >= 0.3 is 37.7 Å². The Hall–Kier alpha value is 1.000. The normalized spacial score (nSPS) is 11.4. The second kappa shape index (κ2) is 23.7. The summed E-state index contributed by atoms with van der Waals surface area (Å²) in [7, 11) is -8.95. The van der Waals surface area contributed by atoms with Crippen molar-refractivity contribution in [2.45, 2.75) is 104 Å². The van der Waals surface area contributed by atoms with Gasteiger partial charge < -0.3 is 9.11 Å². The first kappa shape index (κ1) is 34.6. The zero-order chi connectivity index (χ0) is 21.7. The molecule has 0 amide bonds. The molecular formula is C18H38CaO8S2. The number of hydrogen-bond acceptors (Lipinski definition) is 8. The van der Waals surface area contributed by atoms with Crippen molar-refractivity contribution in [3.63, 3.8) is 0 Å². The molecule has 11 heteroatoms. The van der Waals surface area contributed by atoms with Gasteiger partial charge in [-0.05, 0) is 12.8 Å². The van der Waals surface area contributed by atoms with E-state index < -0.39 is 20.8 Å². The predicted molar refractivity (Wildman–Crippen MR) is 113 cm³/mol. The van der Waals surface area contributed by atoms with Crippen LogP contribution in [-0.4, -0.2) is 76.9 Å². The van der Waals surface area contributed by atoms with Gasteiger partial charge in [0.1, 0.15) is 0 Å². The second-order valence-corrected chi connectivity index (χ2v) is 8.81. The molecule has 0 N–H and O–H groups in total. The standard InChI is InChI=1S/2C9H20O4S.Ca/c2*1-2-3-4-5-6-7-8-9-13-14(10,11)12;/h2*2-9H2,1H3,(H,10,11,12);/q;;+2/p-2. The van der Waals surface area contributed by atoms with Gasteiger partial charge in [-0.15, -0.1) is 0 Å². The van der Waals surface area contributed by atoms with Gasteiger partial charge in [-0.25, -0.2) is 16.8 Å². The summed E-state index contributed by atoms with van der Waals surface area (Å²) >= 11 is 0. The van der Waals surface area contributed by atoms with E-state index in [1.807, 2.05) is 0 Å². The fourth-order valence-electron chi connectivity index (χ4n) is 2.44. The van der Waals surface area contributed by atoms with E-state index in [1.165, 1.54) is 51.4 Å². The van der Waals surface area contributed by atoms with Crippen LogP contribution < -0.4 is 0 Å². The second-order valence-electron chi connectivity index (χ2n) is 6.70. The van der Waals surface area contributed by atoms with Crippen molar-refractivity contribution in [1.82, 2.24) is 0 Å². The monoisotopic (exact) mass is 486 g/mol. The van der Waals surface area contributed by atoms with Crippen molar-refractivity contribution in [3.8, 4) is 0 Å². The Morgan fingerprint density at radius 3 is 1.00 bits per heavy atom. The molecule has 0 spiro atoms. The van der Waals surface area contributed by atoms with Crippen LogP contribution >= 0.6 is 0 Å². The van der Waals surface area contributed by atoms with E-state index in [2.05, 4.69) is 22.2 Å². The van der Waals surface area contributed by atoms with Gasteiger partial charge in [0.05, 0.1) is 13.2 Å². The Morgan fingerprint density at radius 2 is 0.759 bits per heavy atom. The van der Waals surface area contributed by atoms with Crippen molar-refractivity contribution in [2.24, 2.45) is 0 Å². The average Bonchev–Trinajstić information content (AvgIpc) is 2.58. The first-order valence-electron chi connectivity index (χ1n) is 10.3. The molecule has 0 saturated heterocycles. The Morgan fingerprint density at radius 1 is 0.517 bits per heavy atom. The van der Waals surface area contributed by atoms with Crippen LogP contribution in [0.15, 0.2) is 0 Å². The van der Waals surface area contributed by atoms with E-state index in [9.17, 15) is 25.9 Å². The molecule has 8 nitrogen and oxygen atoms in total. The zero-order valence-corrected chi connectivity index (χ0v) is 21.9. The SMILES string of the molecule is CCCCCCCCCOS(=O)(=O)[O-].CCCCCCCCCOS(=O)(=O)[O-].[Ca+2]. The van der Waals surface area contributed by atoms with Gasteiger partial charge in [-0.1, -0.05) is 90.9 Å². The van der Waals surface area contributed by atoms with Gasteiger partial charge in [-0.2, -0.15) is 0 Å². The molecule has 0 bridgehead atoms. The molecule has 0 rings (SSSR count). The number of hydrogen-bond donors (Lipinski definition) is 0. The van der Waals surface area contributed by atoms with E-state index in [4.69, 9.17) is 0 Å². The molecule has 0 aliphatic carbocycles. The first-order valence-corrected chi connectivity index (χ1v) is 13.0. The third kappa shape index (κ3) is 40.0. The first-order chi connectivity index (χ1) is 13.1. The van der Waals surface area contributed by atoms with Crippen molar-refractivity contribution in [1.29, 1.82) is 0 Å². The molecular weight excluding hydrogens is 448 g/mol. The topological polar surface area (TPSA) is 133 Å². The van der Waals surface area contributed by atoms with Gasteiger partial charge in [0.25, 0.3) is 0 Å². The summed E-state index contributed by atoms with van der Waals surface area (Å²) in [4.78, 5) is 0. The minimum atomic E-state index is -4.48. The third-order valence-corrected chi connectivity index (χ3v) is 4.86. The summed E-state index contributed by atoms with van der Waals surface area (Å²) in [5.74, 6) is 0. The molecule has 0 radical (unpaired) electrons. The third-order valence-electron chi connectivity index (χ3n) is 3.95. The molecule has 0 heterocycles. The van der Waals surface area contributed by atoms with Crippen LogP contribution in [0.4, 0.5) is 0 Å². The predicted octanol–water partition coefficient (Wildman–Crippen LogP) is 4.05. The summed E-state index contributed by atoms with van der Waals surface area (Å²) in [6, 6.07) is 0. The number of unbranched alkanes of at least 4 members (excludes halogenated alkanes) is 12. The Labute approximate surface area is 208 Å². The van der Waals surface area contributed by atoms with Crippen LogP contribution in [0.1, 0.15) is 104 Å². The minimum Gasteiger partial charge on any atom is -0.726 e. The molecule has 0 saturated carbocycles.